The smallest absolute Gasteiger partial charge is 0.336 e. The van der Waals surface area contributed by atoms with E-state index in [2.05, 4.69) is 4.98 Å². The topological polar surface area (TPSA) is 76.5 Å². The quantitative estimate of drug-likeness (QED) is 0.326. The van der Waals surface area contributed by atoms with Crippen LogP contribution in [0, 0.1) is 0 Å². The van der Waals surface area contributed by atoms with Crippen molar-refractivity contribution in [2.45, 2.75) is 6.61 Å². The minimum Gasteiger partial charge on any atom is -0.487 e. The van der Waals surface area contributed by atoms with Crippen LogP contribution >= 0.6 is 0 Å². The first-order valence-electron chi connectivity index (χ1n) is 9.72. The van der Waals surface area contributed by atoms with Crippen molar-refractivity contribution < 1.29 is 19.4 Å². The molecule has 4 aromatic rings. The Bertz CT molecular complexity index is 1280. The molecule has 0 aliphatic carbocycles. The third-order valence-corrected chi connectivity index (χ3v) is 4.77. The van der Waals surface area contributed by atoms with Crippen LogP contribution < -0.4 is 4.74 Å². The summed E-state index contributed by atoms with van der Waals surface area (Å²) in [7, 11) is 0. The van der Waals surface area contributed by atoms with E-state index >= 15 is 0 Å². The van der Waals surface area contributed by atoms with Gasteiger partial charge in [0.15, 0.2) is 5.78 Å². The summed E-state index contributed by atoms with van der Waals surface area (Å²) < 4.78 is 5.81. The number of ketones is 1. The van der Waals surface area contributed by atoms with Gasteiger partial charge in [0.05, 0.1) is 16.8 Å². The SMILES string of the molecule is O=C(O)c1ccccc1C(=O)/C=C/c1ccc(OCc2ccc3ccccc3n2)cc1. The number of rotatable bonds is 7. The second kappa shape index (κ2) is 9.05. The van der Waals surface area contributed by atoms with Gasteiger partial charge in [0.25, 0.3) is 0 Å². The summed E-state index contributed by atoms with van der Waals surface area (Å²) in [5.41, 5.74) is 2.72. The highest BCUT2D eigenvalue weighted by atomic mass is 16.5. The second-order valence-electron chi connectivity index (χ2n) is 6.90. The predicted octanol–water partition coefficient (Wildman–Crippen LogP) is 5.41. The molecular weight excluding hydrogens is 390 g/mol. The number of allylic oxidation sites excluding steroid dienone is 1. The van der Waals surface area contributed by atoms with Gasteiger partial charge in [-0.3, -0.25) is 4.79 Å². The summed E-state index contributed by atoms with van der Waals surface area (Å²) in [6.45, 7) is 0.352. The van der Waals surface area contributed by atoms with Crippen molar-refractivity contribution in [2.24, 2.45) is 0 Å². The van der Waals surface area contributed by atoms with E-state index in [-0.39, 0.29) is 16.9 Å². The summed E-state index contributed by atoms with van der Waals surface area (Å²) in [5.74, 6) is -0.796. The number of pyridine rings is 1. The molecule has 0 bridgehead atoms. The molecule has 0 radical (unpaired) electrons. The molecule has 5 heteroatoms. The van der Waals surface area contributed by atoms with Gasteiger partial charge in [-0.1, -0.05) is 60.7 Å². The molecule has 0 atom stereocenters. The number of carbonyl (C=O) groups is 2. The summed E-state index contributed by atoms with van der Waals surface area (Å²) >= 11 is 0. The molecule has 0 saturated carbocycles. The van der Waals surface area contributed by atoms with Crippen LogP contribution in [0.2, 0.25) is 0 Å². The number of ether oxygens (including phenoxy) is 1. The van der Waals surface area contributed by atoms with Gasteiger partial charge in [-0.05, 0) is 42.0 Å². The molecule has 1 heterocycles. The van der Waals surface area contributed by atoms with Gasteiger partial charge in [-0.25, -0.2) is 9.78 Å². The van der Waals surface area contributed by atoms with Gasteiger partial charge in [0, 0.05) is 10.9 Å². The van der Waals surface area contributed by atoms with E-state index < -0.39 is 5.97 Å². The summed E-state index contributed by atoms with van der Waals surface area (Å²) in [6, 6.07) is 25.3. The highest BCUT2D eigenvalue weighted by Gasteiger charge is 2.13. The number of hydrogen-bond donors (Lipinski definition) is 1. The number of hydrogen-bond acceptors (Lipinski definition) is 4. The maximum absolute atomic E-state index is 12.4. The van der Waals surface area contributed by atoms with Gasteiger partial charge in [-0.2, -0.15) is 0 Å². The number of aromatic carboxylic acids is 1. The van der Waals surface area contributed by atoms with Crippen molar-refractivity contribution in [3.8, 4) is 5.75 Å². The van der Waals surface area contributed by atoms with Crippen LogP contribution in [0.15, 0.2) is 91.0 Å². The Kier molecular flexibility index (Phi) is 5.85. The standard InChI is InChI=1S/C26H19NO4/c28-25(22-6-2-3-7-23(22)26(29)30)16-11-18-9-14-21(15-10-18)31-17-20-13-12-19-5-1-4-8-24(19)27-20/h1-16H,17H2,(H,29,30)/b16-11+. The normalized spacial score (nSPS) is 11.0. The minimum atomic E-state index is -1.13. The fraction of sp³-hybridized carbons (Fsp3) is 0.0385. The molecule has 0 spiro atoms. The van der Waals surface area contributed by atoms with E-state index in [1.165, 1.54) is 18.2 Å². The number of fused-ring (bicyclic) bond motifs is 1. The first-order valence-corrected chi connectivity index (χ1v) is 9.72. The van der Waals surface area contributed by atoms with Crippen LogP contribution in [-0.2, 0) is 6.61 Å². The Hall–Kier alpha value is -4.25. The number of aromatic nitrogens is 1. The largest absolute Gasteiger partial charge is 0.487 e. The minimum absolute atomic E-state index is 0.0109. The Morgan fingerprint density at radius 3 is 2.32 bits per heavy atom. The first kappa shape index (κ1) is 20.0. The Morgan fingerprint density at radius 1 is 0.839 bits per heavy atom. The molecule has 1 N–H and O–H groups in total. The van der Waals surface area contributed by atoms with Crippen LogP contribution in [0.5, 0.6) is 5.75 Å². The lowest BCUT2D eigenvalue weighted by Gasteiger charge is -2.07. The van der Waals surface area contributed by atoms with Gasteiger partial charge in [-0.15, -0.1) is 0 Å². The predicted molar refractivity (Wildman–Crippen MR) is 119 cm³/mol. The lowest BCUT2D eigenvalue weighted by Crippen LogP contribution is -2.06. The zero-order chi connectivity index (χ0) is 21.6. The monoisotopic (exact) mass is 409 g/mol. The van der Waals surface area contributed by atoms with E-state index in [1.54, 1.807) is 18.2 Å². The van der Waals surface area contributed by atoms with Crippen LogP contribution in [0.1, 0.15) is 32.0 Å². The number of benzene rings is 3. The van der Waals surface area contributed by atoms with Crippen LogP contribution in [-0.4, -0.2) is 21.8 Å². The number of carbonyl (C=O) groups excluding carboxylic acids is 1. The summed E-state index contributed by atoms with van der Waals surface area (Å²) in [5, 5.41) is 10.3. The van der Waals surface area contributed by atoms with Crippen molar-refractivity contribution in [3.05, 3.63) is 113 Å². The Morgan fingerprint density at radius 2 is 1.55 bits per heavy atom. The van der Waals surface area contributed by atoms with Crippen molar-refractivity contribution in [3.63, 3.8) is 0 Å². The van der Waals surface area contributed by atoms with Gasteiger partial charge in [0.2, 0.25) is 0 Å². The van der Waals surface area contributed by atoms with E-state index in [1.807, 2.05) is 60.7 Å². The summed E-state index contributed by atoms with van der Waals surface area (Å²) in [6.07, 6.45) is 3.02. The molecule has 3 aromatic carbocycles. The maximum atomic E-state index is 12.4. The molecule has 0 aliphatic heterocycles. The van der Waals surface area contributed by atoms with Crippen molar-refractivity contribution in [2.75, 3.05) is 0 Å². The van der Waals surface area contributed by atoms with Gasteiger partial charge < -0.3 is 9.84 Å². The Balaban J connectivity index is 1.40. The molecule has 152 valence electrons. The number of para-hydroxylation sites is 1. The molecule has 1 aromatic heterocycles. The highest BCUT2D eigenvalue weighted by molar-refractivity contribution is 6.12. The molecule has 0 fully saturated rings. The fourth-order valence-corrected chi connectivity index (χ4v) is 3.17. The molecule has 5 nitrogen and oxygen atoms in total. The number of carboxylic acids is 1. The summed E-state index contributed by atoms with van der Waals surface area (Å²) in [4.78, 5) is 28.2. The fourth-order valence-electron chi connectivity index (χ4n) is 3.17. The third-order valence-electron chi connectivity index (χ3n) is 4.77. The zero-order valence-corrected chi connectivity index (χ0v) is 16.6. The molecular formula is C26H19NO4. The van der Waals surface area contributed by atoms with Gasteiger partial charge in [0.1, 0.15) is 12.4 Å². The molecule has 31 heavy (non-hydrogen) atoms. The third kappa shape index (κ3) is 4.85. The number of carboxylic acid groups (broad SMARTS) is 1. The molecule has 0 saturated heterocycles. The molecule has 0 aliphatic rings. The second-order valence-corrected chi connectivity index (χ2v) is 6.90. The van der Waals surface area contributed by atoms with E-state index in [9.17, 15) is 14.7 Å². The van der Waals surface area contributed by atoms with Crippen molar-refractivity contribution >= 4 is 28.7 Å². The lowest BCUT2D eigenvalue weighted by molar-refractivity contribution is 0.0693. The first-order chi connectivity index (χ1) is 15.1. The lowest BCUT2D eigenvalue weighted by atomic mass is 10.0. The molecule has 4 rings (SSSR count). The zero-order valence-electron chi connectivity index (χ0n) is 16.6. The van der Waals surface area contributed by atoms with Crippen LogP contribution in [0.3, 0.4) is 0 Å². The van der Waals surface area contributed by atoms with E-state index in [0.29, 0.717) is 12.4 Å². The Labute approximate surface area is 179 Å². The maximum Gasteiger partial charge on any atom is 0.336 e. The molecule has 0 amide bonds. The van der Waals surface area contributed by atoms with Crippen LogP contribution in [0.25, 0.3) is 17.0 Å². The van der Waals surface area contributed by atoms with Crippen molar-refractivity contribution in [1.82, 2.24) is 4.98 Å². The highest BCUT2D eigenvalue weighted by Crippen LogP contribution is 2.17. The van der Waals surface area contributed by atoms with E-state index in [0.717, 1.165) is 22.2 Å². The van der Waals surface area contributed by atoms with Crippen LogP contribution in [0.4, 0.5) is 0 Å². The van der Waals surface area contributed by atoms with Gasteiger partial charge >= 0.3 is 5.97 Å². The average molecular weight is 409 g/mol. The van der Waals surface area contributed by atoms with E-state index in [4.69, 9.17) is 4.74 Å². The molecule has 0 unspecified atom stereocenters. The van der Waals surface area contributed by atoms with Crippen molar-refractivity contribution in [1.29, 1.82) is 0 Å². The average Bonchev–Trinajstić information content (AvgIpc) is 2.81. The number of nitrogens with zero attached hydrogens (tertiary/aromatic N) is 1.